The van der Waals surface area contributed by atoms with Gasteiger partial charge in [0.15, 0.2) is 0 Å². The smallest absolute Gasteiger partial charge is 0.259 e. The van der Waals surface area contributed by atoms with Crippen LogP contribution in [0.5, 0.6) is 11.5 Å². The molecule has 0 saturated heterocycles. The van der Waals surface area contributed by atoms with Crippen LogP contribution in [0, 0.1) is 18.3 Å². The van der Waals surface area contributed by atoms with E-state index in [1.54, 1.807) is 35.1 Å². The maximum atomic E-state index is 13.6. The van der Waals surface area contributed by atoms with Crippen LogP contribution in [0.3, 0.4) is 0 Å². The summed E-state index contributed by atoms with van der Waals surface area (Å²) in [6, 6.07) is 15.2. The SMILES string of the molecule is COc1ccccc1C1C(C#N)=C(N)Oc2cc(C)n(Cc3cccs3)c(=O)c21. The quantitative estimate of drug-likeness (QED) is 0.718. The van der Waals surface area contributed by atoms with Crippen molar-refractivity contribution in [3.05, 3.63) is 91.4 Å². The first-order valence-electron chi connectivity index (χ1n) is 9.02. The molecule has 0 amide bonds. The van der Waals surface area contributed by atoms with E-state index in [9.17, 15) is 10.1 Å². The Bertz CT molecular complexity index is 1200. The fourth-order valence-electron chi connectivity index (χ4n) is 3.66. The second-order valence-corrected chi connectivity index (χ2v) is 7.73. The third-order valence-electron chi connectivity index (χ3n) is 5.03. The van der Waals surface area contributed by atoms with Gasteiger partial charge < -0.3 is 19.8 Å². The van der Waals surface area contributed by atoms with Crippen molar-refractivity contribution in [1.29, 1.82) is 5.26 Å². The lowest BCUT2D eigenvalue weighted by molar-refractivity contribution is 0.383. The Balaban J connectivity index is 1.98. The summed E-state index contributed by atoms with van der Waals surface area (Å²) in [5, 5.41) is 11.8. The van der Waals surface area contributed by atoms with E-state index in [2.05, 4.69) is 6.07 Å². The molecule has 1 aromatic carbocycles. The molecule has 0 spiro atoms. The first kappa shape index (κ1) is 18.8. The third kappa shape index (κ3) is 3.18. The summed E-state index contributed by atoms with van der Waals surface area (Å²) in [6.45, 7) is 2.31. The minimum atomic E-state index is -0.664. The summed E-state index contributed by atoms with van der Waals surface area (Å²) in [7, 11) is 1.56. The van der Waals surface area contributed by atoms with Crippen LogP contribution in [-0.4, -0.2) is 11.7 Å². The van der Waals surface area contributed by atoms with Crippen LogP contribution >= 0.6 is 11.3 Å². The largest absolute Gasteiger partial charge is 0.496 e. The van der Waals surface area contributed by atoms with E-state index in [0.29, 0.717) is 29.2 Å². The van der Waals surface area contributed by atoms with E-state index in [4.69, 9.17) is 15.2 Å². The number of ether oxygens (including phenoxy) is 2. The number of fused-ring (bicyclic) bond motifs is 1. The van der Waals surface area contributed by atoms with Crippen LogP contribution < -0.4 is 20.8 Å². The Morgan fingerprint density at radius 3 is 2.79 bits per heavy atom. The molecule has 0 radical (unpaired) electrons. The van der Waals surface area contributed by atoms with Gasteiger partial charge in [-0.1, -0.05) is 24.3 Å². The van der Waals surface area contributed by atoms with Crippen molar-refractivity contribution >= 4 is 11.3 Å². The number of benzene rings is 1. The summed E-state index contributed by atoms with van der Waals surface area (Å²) in [5.74, 6) is 0.298. The Labute approximate surface area is 172 Å². The highest BCUT2D eigenvalue weighted by molar-refractivity contribution is 7.09. The first-order chi connectivity index (χ1) is 14.0. The van der Waals surface area contributed by atoms with E-state index in [1.807, 2.05) is 42.6 Å². The van der Waals surface area contributed by atoms with E-state index < -0.39 is 5.92 Å². The highest BCUT2D eigenvalue weighted by Gasteiger charge is 2.35. The molecule has 0 bridgehead atoms. The topological polar surface area (TPSA) is 90.3 Å². The van der Waals surface area contributed by atoms with Gasteiger partial charge in [-0.2, -0.15) is 5.26 Å². The Kier molecular flexibility index (Phi) is 4.87. The van der Waals surface area contributed by atoms with Crippen LogP contribution in [0.4, 0.5) is 0 Å². The van der Waals surface area contributed by atoms with Crippen molar-refractivity contribution in [2.45, 2.75) is 19.4 Å². The average Bonchev–Trinajstić information content (AvgIpc) is 3.23. The zero-order valence-electron chi connectivity index (χ0n) is 16.0. The fraction of sp³-hybridized carbons (Fsp3) is 0.182. The maximum Gasteiger partial charge on any atom is 0.259 e. The number of aryl methyl sites for hydroxylation is 1. The van der Waals surface area contributed by atoms with E-state index in [1.165, 1.54) is 0 Å². The number of nitrogens with two attached hydrogens (primary N) is 1. The second-order valence-electron chi connectivity index (χ2n) is 6.70. The van der Waals surface area contributed by atoms with Crippen molar-refractivity contribution in [2.75, 3.05) is 7.11 Å². The Morgan fingerprint density at radius 2 is 2.10 bits per heavy atom. The Hall–Kier alpha value is -3.50. The number of thiophene rings is 1. The molecule has 2 N–H and O–H groups in total. The summed E-state index contributed by atoms with van der Waals surface area (Å²) < 4.78 is 12.9. The van der Waals surface area contributed by atoms with Gasteiger partial charge in [-0.05, 0) is 24.4 Å². The van der Waals surface area contributed by atoms with Crippen molar-refractivity contribution in [3.63, 3.8) is 0 Å². The van der Waals surface area contributed by atoms with Crippen LogP contribution in [-0.2, 0) is 6.54 Å². The molecule has 6 nitrogen and oxygen atoms in total. The van der Waals surface area contributed by atoms with Crippen LogP contribution in [0.25, 0.3) is 0 Å². The molecule has 4 rings (SSSR count). The molecule has 1 atom stereocenters. The van der Waals surface area contributed by atoms with E-state index >= 15 is 0 Å². The lowest BCUT2D eigenvalue weighted by Crippen LogP contribution is -2.33. The van der Waals surface area contributed by atoms with E-state index in [0.717, 1.165) is 10.6 Å². The number of aromatic nitrogens is 1. The summed E-state index contributed by atoms with van der Waals surface area (Å²) in [5.41, 5.74) is 7.90. The monoisotopic (exact) mass is 405 g/mol. The highest BCUT2D eigenvalue weighted by Crippen LogP contribution is 2.43. The molecule has 0 saturated carbocycles. The van der Waals surface area contributed by atoms with Crippen LogP contribution in [0.1, 0.15) is 27.6 Å². The van der Waals surface area contributed by atoms with Gasteiger partial charge in [0, 0.05) is 22.2 Å². The number of nitrogens with zero attached hydrogens (tertiary/aromatic N) is 2. The molecule has 0 fully saturated rings. The number of nitriles is 1. The number of methoxy groups -OCH3 is 1. The molecule has 1 aliphatic rings. The molecule has 3 aromatic rings. The molecule has 2 aromatic heterocycles. The first-order valence-corrected chi connectivity index (χ1v) is 9.90. The number of pyridine rings is 1. The predicted molar refractivity (Wildman–Crippen MR) is 111 cm³/mol. The zero-order valence-corrected chi connectivity index (χ0v) is 16.8. The molecule has 0 aliphatic carbocycles. The Morgan fingerprint density at radius 1 is 1.31 bits per heavy atom. The average molecular weight is 405 g/mol. The number of allylic oxidation sites excluding steroid dienone is 1. The number of hydrogen-bond acceptors (Lipinski definition) is 6. The van der Waals surface area contributed by atoms with Crippen molar-refractivity contribution in [1.82, 2.24) is 4.57 Å². The molecular formula is C22H19N3O3S. The molecule has 3 heterocycles. The summed E-state index contributed by atoms with van der Waals surface area (Å²) in [4.78, 5) is 14.7. The lowest BCUT2D eigenvalue weighted by atomic mass is 9.83. The zero-order chi connectivity index (χ0) is 20.5. The predicted octanol–water partition coefficient (Wildman–Crippen LogP) is 3.49. The van der Waals surface area contributed by atoms with Crippen LogP contribution in [0.2, 0.25) is 0 Å². The summed E-state index contributed by atoms with van der Waals surface area (Å²) >= 11 is 1.59. The molecule has 146 valence electrons. The minimum absolute atomic E-state index is 0.00529. The van der Waals surface area contributed by atoms with Crippen LogP contribution in [0.15, 0.2) is 64.1 Å². The number of hydrogen-bond donors (Lipinski definition) is 1. The van der Waals surface area contributed by atoms with Gasteiger partial charge in [-0.3, -0.25) is 4.79 Å². The van der Waals surface area contributed by atoms with E-state index in [-0.39, 0.29) is 17.0 Å². The molecule has 29 heavy (non-hydrogen) atoms. The summed E-state index contributed by atoms with van der Waals surface area (Å²) in [6.07, 6.45) is 0. The second kappa shape index (κ2) is 7.49. The van der Waals surface area contributed by atoms with Gasteiger partial charge in [0.1, 0.15) is 23.1 Å². The molecule has 1 unspecified atom stereocenters. The third-order valence-corrected chi connectivity index (χ3v) is 5.90. The lowest BCUT2D eigenvalue weighted by Gasteiger charge is -2.28. The number of para-hydroxylation sites is 1. The number of rotatable bonds is 4. The highest BCUT2D eigenvalue weighted by atomic mass is 32.1. The van der Waals surface area contributed by atoms with Gasteiger partial charge in [-0.15, -0.1) is 11.3 Å². The van der Waals surface area contributed by atoms with Gasteiger partial charge in [0.2, 0.25) is 5.88 Å². The van der Waals surface area contributed by atoms with Gasteiger partial charge >= 0.3 is 0 Å². The van der Waals surface area contributed by atoms with Gasteiger partial charge in [0.05, 0.1) is 25.1 Å². The molecular weight excluding hydrogens is 386 g/mol. The fourth-order valence-corrected chi connectivity index (χ4v) is 4.35. The normalized spacial score (nSPS) is 15.4. The van der Waals surface area contributed by atoms with Crippen molar-refractivity contribution in [2.24, 2.45) is 5.73 Å². The molecule has 1 aliphatic heterocycles. The standard InChI is InChI=1S/C22H19N3O3S/c1-13-10-18-20(22(26)25(13)12-14-6-5-9-29-14)19(16(11-23)21(24)28-18)15-7-3-4-8-17(15)27-2/h3-10,19H,12,24H2,1-2H3. The van der Waals surface area contributed by atoms with Gasteiger partial charge in [-0.25, -0.2) is 0 Å². The van der Waals surface area contributed by atoms with Crippen molar-refractivity contribution in [3.8, 4) is 17.6 Å². The molecule has 7 heteroatoms. The minimum Gasteiger partial charge on any atom is -0.496 e. The van der Waals surface area contributed by atoms with Crippen molar-refractivity contribution < 1.29 is 9.47 Å². The van der Waals surface area contributed by atoms with Gasteiger partial charge in [0.25, 0.3) is 5.56 Å². The maximum absolute atomic E-state index is 13.6.